The first-order valence-electron chi connectivity index (χ1n) is 4.66. The first-order chi connectivity index (χ1) is 7.68. The Balaban J connectivity index is 2.26. The van der Waals surface area contributed by atoms with Gasteiger partial charge in [0, 0.05) is 0 Å². The van der Waals surface area contributed by atoms with Gasteiger partial charge in [0.1, 0.15) is 18.6 Å². The van der Waals surface area contributed by atoms with Gasteiger partial charge in [0.05, 0.1) is 11.4 Å². The Morgan fingerprint density at radius 3 is 3.25 bits per heavy atom. The quantitative estimate of drug-likeness (QED) is 0.729. The lowest BCUT2D eigenvalue weighted by Gasteiger charge is -2.15. The first-order valence-corrected chi connectivity index (χ1v) is 4.66. The van der Waals surface area contributed by atoms with E-state index in [4.69, 9.17) is 9.84 Å². The zero-order chi connectivity index (χ0) is 11.3. The van der Waals surface area contributed by atoms with Crippen LogP contribution in [0.1, 0.15) is 21.9 Å². The van der Waals surface area contributed by atoms with Crippen LogP contribution in [0.25, 0.3) is 5.69 Å². The van der Waals surface area contributed by atoms with Crippen molar-refractivity contribution in [3.8, 4) is 11.6 Å². The molecule has 16 heavy (non-hydrogen) atoms. The Labute approximate surface area is 89.7 Å². The smallest absolute Gasteiger partial charge is 0.356 e. The van der Waals surface area contributed by atoms with Gasteiger partial charge in [0.2, 0.25) is 0 Å². The van der Waals surface area contributed by atoms with Crippen molar-refractivity contribution in [1.82, 2.24) is 19.7 Å². The maximum Gasteiger partial charge on any atom is 0.356 e. The lowest BCUT2D eigenvalue weighted by atomic mass is 10.2. The molecule has 0 radical (unpaired) electrons. The van der Waals surface area contributed by atoms with Gasteiger partial charge < -0.3 is 9.84 Å². The summed E-state index contributed by atoms with van der Waals surface area (Å²) in [7, 11) is 0. The van der Waals surface area contributed by atoms with Crippen LogP contribution in [0, 0.1) is 6.92 Å². The molecule has 0 fully saturated rings. The van der Waals surface area contributed by atoms with Crippen LogP contribution in [-0.4, -0.2) is 30.8 Å². The fourth-order valence-electron chi connectivity index (χ4n) is 1.81. The summed E-state index contributed by atoms with van der Waals surface area (Å²) in [6, 6.07) is 0. The van der Waals surface area contributed by atoms with Crippen LogP contribution in [0.3, 0.4) is 0 Å². The van der Waals surface area contributed by atoms with E-state index < -0.39 is 5.97 Å². The molecule has 7 nitrogen and oxygen atoms in total. The van der Waals surface area contributed by atoms with Gasteiger partial charge in [-0.1, -0.05) is 0 Å². The molecule has 3 rings (SSSR count). The zero-order valence-electron chi connectivity index (χ0n) is 8.39. The Hall–Kier alpha value is -2.31. The number of aromatic amines is 1. The van der Waals surface area contributed by atoms with E-state index in [-0.39, 0.29) is 12.3 Å². The highest BCUT2D eigenvalue weighted by atomic mass is 16.5. The Morgan fingerprint density at radius 2 is 2.50 bits per heavy atom. The van der Waals surface area contributed by atoms with E-state index in [1.807, 2.05) is 6.92 Å². The third kappa shape index (κ3) is 0.992. The van der Waals surface area contributed by atoms with E-state index in [0.29, 0.717) is 11.6 Å². The number of imidazole rings is 1. The van der Waals surface area contributed by atoms with Crippen molar-refractivity contribution in [2.45, 2.75) is 13.5 Å². The van der Waals surface area contributed by atoms with E-state index in [1.165, 1.54) is 6.33 Å². The molecule has 0 aliphatic carbocycles. The summed E-state index contributed by atoms with van der Waals surface area (Å²) in [5.41, 5.74) is 2.09. The normalized spacial score (nSPS) is 12.8. The second-order valence-corrected chi connectivity index (χ2v) is 3.51. The number of aryl methyl sites for hydroxylation is 1. The highest BCUT2D eigenvalue weighted by molar-refractivity contribution is 5.87. The molecule has 2 aromatic rings. The van der Waals surface area contributed by atoms with Crippen LogP contribution in [-0.2, 0) is 6.61 Å². The summed E-state index contributed by atoms with van der Waals surface area (Å²) >= 11 is 0. The largest absolute Gasteiger partial charge is 0.476 e. The number of aromatic carboxylic acids is 1. The van der Waals surface area contributed by atoms with Crippen LogP contribution in [0.2, 0.25) is 0 Å². The number of fused-ring (bicyclic) bond motifs is 3. The van der Waals surface area contributed by atoms with Crippen LogP contribution in [0.15, 0.2) is 6.33 Å². The predicted molar refractivity (Wildman–Crippen MR) is 51.7 cm³/mol. The van der Waals surface area contributed by atoms with Crippen molar-refractivity contribution >= 4 is 5.97 Å². The third-order valence-electron chi connectivity index (χ3n) is 2.54. The molecular formula is C9H8N4O3. The summed E-state index contributed by atoms with van der Waals surface area (Å²) in [6.45, 7) is 2.00. The Morgan fingerprint density at radius 1 is 1.69 bits per heavy atom. The Bertz CT molecular complexity index is 584. The lowest BCUT2D eigenvalue weighted by Crippen LogP contribution is -2.14. The summed E-state index contributed by atoms with van der Waals surface area (Å²) in [6.07, 6.45) is 1.47. The van der Waals surface area contributed by atoms with Gasteiger partial charge in [-0.3, -0.25) is 9.67 Å². The van der Waals surface area contributed by atoms with Gasteiger partial charge in [-0.25, -0.2) is 9.78 Å². The van der Waals surface area contributed by atoms with Crippen LogP contribution < -0.4 is 4.74 Å². The molecular weight excluding hydrogens is 212 g/mol. The summed E-state index contributed by atoms with van der Waals surface area (Å²) < 4.78 is 7.05. The standard InChI is InChI=1S/C9H8N4O3/c1-4-7-8(12-11-4)16-2-5-6(9(14)15)10-3-13(5)7/h3H,2H2,1H3,(H,11,12)(H,14,15). The fraction of sp³-hybridized carbons (Fsp3) is 0.222. The van der Waals surface area contributed by atoms with Crippen molar-refractivity contribution in [2.24, 2.45) is 0 Å². The van der Waals surface area contributed by atoms with E-state index in [0.717, 1.165) is 11.4 Å². The molecule has 0 aromatic carbocycles. The first kappa shape index (κ1) is 8.96. The minimum Gasteiger partial charge on any atom is -0.476 e. The molecule has 1 aliphatic heterocycles. The fourth-order valence-corrected chi connectivity index (χ4v) is 1.81. The number of hydrogen-bond acceptors (Lipinski definition) is 4. The van der Waals surface area contributed by atoms with Gasteiger partial charge in [-0.15, -0.1) is 5.10 Å². The second-order valence-electron chi connectivity index (χ2n) is 3.51. The number of carboxylic acid groups (broad SMARTS) is 1. The monoisotopic (exact) mass is 220 g/mol. The number of ether oxygens (including phenoxy) is 1. The minimum absolute atomic E-state index is 0.0197. The molecule has 0 saturated heterocycles. The number of carbonyl (C=O) groups is 1. The van der Waals surface area contributed by atoms with Gasteiger partial charge in [-0.05, 0) is 6.92 Å². The van der Waals surface area contributed by atoms with E-state index in [2.05, 4.69) is 15.2 Å². The molecule has 7 heteroatoms. The molecule has 0 atom stereocenters. The third-order valence-corrected chi connectivity index (χ3v) is 2.54. The van der Waals surface area contributed by atoms with Gasteiger partial charge in [0.15, 0.2) is 5.69 Å². The molecule has 82 valence electrons. The van der Waals surface area contributed by atoms with Gasteiger partial charge in [-0.2, -0.15) is 0 Å². The van der Waals surface area contributed by atoms with Crippen LogP contribution in [0.4, 0.5) is 0 Å². The van der Waals surface area contributed by atoms with E-state index in [1.54, 1.807) is 4.57 Å². The maximum atomic E-state index is 10.9. The number of aromatic nitrogens is 4. The minimum atomic E-state index is -1.05. The summed E-state index contributed by atoms with van der Waals surface area (Å²) in [5.74, 6) is -0.582. The molecule has 0 bridgehead atoms. The summed E-state index contributed by atoms with van der Waals surface area (Å²) in [5, 5.41) is 15.7. The highest BCUT2D eigenvalue weighted by Gasteiger charge is 2.27. The number of hydrogen-bond donors (Lipinski definition) is 2. The van der Waals surface area contributed by atoms with Crippen molar-refractivity contribution in [3.05, 3.63) is 23.4 Å². The average Bonchev–Trinajstić information content (AvgIpc) is 2.81. The molecule has 3 heterocycles. The number of carboxylic acids is 1. The van der Waals surface area contributed by atoms with Crippen LogP contribution >= 0.6 is 0 Å². The van der Waals surface area contributed by atoms with E-state index in [9.17, 15) is 4.79 Å². The molecule has 2 aromatic heterocycles. The Kier molecular flexibility index (Phi) is 1.59. The number of nitrogens with one attached hydrogen (secondary N) is 1. The number of nitrogens with zero attached hydrogens (tertiary/aromatic N) is 3. The van der Waals surface area contributed by atoms with Gasteiger partial charge in [0.25, 0.3) is 5.88 Å². The van der Waals surface area contributed by atoms with Crippen molar-refractivity contribution in [3.63, 3.8) is 0 Å². The molecule has 2 N–H and O–H groups in total. The summed E-state index contributed by atoms with van der Waals surface area (Å²) in [4.78, 5) is 14.8. The topological polar surface area (TPSA) is 93.0 Å². The highest BCUT2D eigenvalue weighted by Crippen LogP contribution is 2.30. The SMILES string of the molecule is Cc1[nH]nc2c1-n1cnc(C(=O)O)c1CO2. The lowest BCUT2D eigenvalue weighted by molar-refractivity contribution is 0.0687. The molecule has 0 unspecified atom stereocenters. The molecule has 1 aliphatic rings. The predicted octanol–water partition coefficient (Wildman–Crippen LogP) is 0.494. The average molecular weight is 220 g/mol. The molecule has 0 saturated carbocycles. The van der Waals surface area contributed by atoms with E-state index >= 15 is 0 Å². The van der Waals surface area contributed by atoms with Crippen molar-refractivity contribution in [2.75, 3.05) is 0 Å². The van der Waals surface area contributed by atoms with Gasteiger partial charge >= 0.3 is 5.97 Å². The second kappa shape index (κ2) is 2.84. The molecule has 0 spiro atoms. The zero-order valence-corrected chi connectivity index (χ0v) is 8.39. The van der Waals surface area contributed by atoms with Crippen molar-refractivity contribution < 1.29 is 14.6 Å². The number of rotatable bonds is 1. The maximum absolute atomic E-state index is 10.9. The number of H-pyrrole nitrogens is 1. The molecule has 0 amide bonds. The van der Waals surface area contributed by atoms with Crippen LogP contribution in [0.5, 0.6) is 5.88 Å². The van der Waals surface area contributed by atoms with Crippen molar-refractivity contribution in [1.29, 1.82) is 0 Å².